The van der Waals surface area contributed by atoms with Crippen molar-refractivity contribution in [3.8, 4) is 11.6 Å². The van der Waals surface area contributed by atoms with E-state index in [0.29, 0.717) is 23.9 Å². The molecule has 0 saturated carbocycles. The summed E-state index contributed by atoms with van der Waals surface area (Å²) in [6.45, 7) is 4.56. The molecule has 212 valence electrons. The van der Waals surface area contributed by atoms with Crippen LogP contribution in [0.2, 0.25) is 0 Å². The highest BCUT2D eigenvalue weighted by atomic mass is 16.5. The number of nitrogens with zero attached hydrogens (tertiary/aromatic N) is 3. The lowest BCUT2D eigenvalue weighted by Gasteiger charge is -2.40. The maximum absolute atomic E-state index is 10.9. The molecule has 1 aliphatic carbocycles. The molecular weight excluding hydrogens is 514 g/mol. The Hall–Kier alpha value is -3.91. The van der Waals surface area contributed by atoms with E-state index < -0.39 is 6.10 Å². The highest BCUT2D eigenvalue weighted by molar-refractivity contribution is 5.70. The SMILES string of the molecule is COc1cc(/C=C/c2ccccc2OCC(O)CN2CCN(C3c4ccccc4CCc4ccccc43)CC2)on1. The van der Waals surface area contributed by atoms with Crippen LogP contribution in [0.3, 0.4) is 0 Å². The van der Waals surface area contributed by atoms with Crippen molar-refractivity contribution in [2.75, 3.05) is 46.4 Å². The third kappa shape index (κ3) is 6.38. The number of para-hydroxylation sites is 1. The molecule has 41 heavy (non-hydrogen) atoms. The van der Waals surface area contributed by atoms with Gasteiger partial charge in [-0.2, -0.15) is 0 Å². The van der Waals surface area contributed by atoms with Gasteiger partial charge in [-0.1, -0.05) is 66.7 Å². The first-order chi connectivity index (χ1) is 20.2. The molecule has 7 nitrogen and oxygen atoms in total. The average Bonchev–Trinajstić information content (AvgIpc) is 3.41. The summed E-state index contributed by atoms with van der Waals surface area (Å²) < 4.78 is 16.4. The second-order valence-corrected chi connectivity index (χ2v) is 10.7. The topological polar surface area (TPSA) is 71.2 Å². The summed E-state index contributed by atoms with van der Waals surface area (Å²) in [6.07, 6.45) is 5.31. The van der Waals surface area contributed by atoms with E-state index in [2.05, 4.69) is 63.5 Å². The van der Waals surface area contributed by atoms with Gasteiger partial charge in [-0.25, -0.2) is 0 Å². The molecule has 1 unspecified atom stereocenters. The molecule has 2 heterocycles. The number of aliphatic hydroxyl groups is 1. The van der Waals surface area contributed by atoms with Crippen molar-refractivity contribution in [3.63, 3.8) is 0 Å². The lowest BCUT2D eigenvalue weighted by Crippen LogP contribution is -2.50. The van der Waals surface area contributed by atoms with Crippen molar-refractivity contribution in [1.29, 1.82) is 0 Å². The van der Waals surface area contributed by atoms with Gasteiger partial charge in [0.1, 0.15) is 18.5 Å². The predicted molar refractivity (Wildman–Crippen MR) is 160 cm³/mol. The molecule has 1 aliphatic heterocycles. The minimum atomic E-state index is -0.587. The van der Waals surface area contributed by atoms with Crippen molar-refractivity contribution >= 4 is 12.2 Å². The summed E-state index contributed by atoms with van der Waals surface area (Å²) in [5.41, 5.74) is 6.69. The lowest BCUT2D eigenvalue weighted by atomic mass is 9.92. The number of hydrogen-bond acceptors (Lipinski definition) is 7. The molecule has 1 aromatic heterocycles. The minimum Gasteiger partial charge on any atom is -0.490 e. The Labute approximate surface area is 241 Å². The van der Waals surface area contributed by atoms with Gasteiger partial charge >= 0.3 is 0 Å². The van der Waals surface area contributed by atoms with Crippen LogP contribution in [-0.2, 0) is 12.8 Å². The fourth-order valence-corrected chi connectivity index (χ4v) is 6.00. The quantitative estimate of drug-likeness (QED) is 0.310. The van der Waals surface area contributed by atoms with Crippen LogP contribution in [0.1, 0.15) is 39.6 Å². The summed E-state index contributed by atoms with van der Waals surface area (Å²) in [4.78, 5) is 4.97. The Morgan fingerprint density at radius 2 is 1.56 bits per heavy atom. The Balaban J connectivity index is 1.05. The van der Waals surface area contributed by atoms with Gasteiger partial charge in [0.25, 0.3) is 5.88 Å². The fourth-order valence-electron chi connectivity index (χ4n) is 6.00. The molecule has 4 aromatic rings. The summed E-state index contributed by atoms with van der Waals surface area (Å²) >= 11 is 0. The standard InChI is InChI=1S/C34H37N3O4/c1-39-33-22-29(41-35-33)17-16-27-10-4-7-13-32(27)40-24-28(38)23-36-18-20-37(21-19-36)34-30-11-5-2-8-25(30)14-15-26-9-3-6-12-31(26)34/h2-13,16-17,22,28,34,38H,14-15,18-21,23-24H2,1H3/b17-16+. The molecule has 7 heteroatoms. The van der Waals surface area contributed by atoms with E-state index in [1.807, 2.05) is 36.4 Å². The van der Waals surface area contributed by atoms with E-state index >= 15 is 0 Å². The Morgan fingerprint density at radius 3 is 2.24 bits per heavy atom. The molecule has 0 amide bonds. The third-order valence-electron chi connectivity index (χ3n) is 8.10. The van der Waals surface area contributed by atoms with E-state index in [4.69, 9.17) is 14.0 Å². The van der Waals surface area contributed by atoms with E-state index in [-0.39, 0.29) is 12.6 Å². The highest BCUT2D eigenvalue weighted by Crippen LogP contribution is 2.37. The first-order valence-electron chi connectivity index (χ1n) is 14.4. The van der Waals surface area contributed by atoms with Crippen LogP contribution >= 0.6 is 0 Å². The molecule has 1 fully saturated rings. The number of ether oxygens (including phenoxy) is 2. The van der Waals surface area contributed by atoms with Crippen molar-refractivity contribution < 1.29 is 19.1 Å². The minimum absolute atomic E-state index is 0.227. The first kappa shape index (κ1) is 27.3. The van der Waals surface area contributed by atoms with E-state index in [9.17, 15) is 5.11 Å². The van der Waals surface area contributed by atoms with E-state index in [1.54, 1.807) is 13.2 Å². The van der Waals surface area contributed by atoms with Crippen LogP contribution in [-0.4, -0.2) is 72.6 Å². The van der Waals surface area contributed by atoms with Crippen molar-refractivity contribution in [2.24, 2.45) is 0 Å². The van der Waals surface area contributed by atoms with Crippen LogP contribution in [0.25, 0.3) is 12.2 Å². The van der Waals surface area contributed by atoms with Crippen LogP contribution < -0.4 is 9.47 Å². The number of aryl methyl sites for hydroxylation is 2. The highest BCUT2D eigenvalue weighted by Gasteiger charge is 2.31. The number of hydrogen-bond donors (Lipinski definition) is 1. The molecule has 1 atom stereocenters. The number of piperazine rings is 1. The van der Waals surface area contributed by atoms with Crippen LogP contribution in [0.15, 0.2) is 83.4 Å². The summed E-state index contributed by atoms with van der Waals surface area (Å²) in [6, 6.07) is 27.6. The van der Waals surface area contributed by atoms with Gasteiger partial charge in [-0.3, -0.25) is 9.80 Å². The second kappa shape index (κ2) is 12.7. The predicted octanol–water partition coefficient (Wildman–Crippen LogP) is 5.10. The van der Waals surface area contributed by atoms with Gasteiger partial charge in [0.15, 0.2) is 5.76 Å². The largest absolute Gasteiger partial charge is 0.490 e. The monoisotopic (exact) mass is 551 g/mol. The van der Waals surface area contributed by atoms with E-state index in [1.165, 1.54) is 22.3 Å². The number of benzene rings is 3. The molecule has 3 aromatic carbocycles. The molecular formula is C34H37N3O4. The Morgan fingerprint density at radius 1 is 0.902 bits per heavy atom. The molecule has 6 rings (SSSR count). The number of fused-ring (bicyclic) bond motifs is 2. The maximum atomic E-state index is 10.9. The zero-order chi connectivity index (χ0) is 28.0. The molecule has 0 radical (unpaired) electrons. The molecule has 1 saturated heterocycles. The van der Waals surface area contributed by atoms with Crippen LogP contribution in [0, 0.1) is 0 Å². The summed E-state index contributed by atoms with van der Waals surface area (Å²) in [5, 5.41) is 14.7. The number of aliphatic hydroxyl groups excluding tert-OH is 1. The maximum Gasteiger partial charge on any atom is 0.254 e. The summed E-state index contributed by atoms with van der Waals surface area (Å²) in [5.74, 6) is 1.73. The first-order valence-corrected chi connectivity index (χ1v) is 14.4. The fraction of sp³-hybridized carbons (Fsp3) is 0.324. The van der Waals surface area contributed by atoms with Crippen molar-refractivity contribution in [1.82, 2.24) is 15.0 Å². The Kier molecular flexibility index (Phi) is 8.46. The lowest BCUT2D eigenvalue weighted by molar-refractivity contribution is 0.0400. The zero-order valence-corrected chi connectivity index (χ0v) is 23.5. The van der Waals surface area contributed by atoms with Gasteiger partial charge in [-0.05, 0) is 58.5 Å². The summed E-state index contributed by atoms with van der Waals surface area (Å²) in [7, 11) is 1.55. The van der Waals surface area contributed by atoms with Gasteiger partial charge in [0.05, 0.1) is 13.2 Å². The third-order valence-corrected chi connectivity index (χ3v) is 8.10. The second-order valence-electron chi connectivity index (χ2n) is 10.7. The number of β-amino-alcohol motifs (C(OH)–C–C–N with tert-alkyl or cyclic N) is 1. The van der Waals surface area contributed by atoms with Crippen molar-refractivity contribution in [2.45, 2.75) is 25.0 Å². The normalized spacial score (nSPS) is 17.1. The van der Waals surface area contributed by atoms with E-state index in [0.717, 1.165) is 44.6 Å². The van der Waals surface area contributed by atoms with Crippen LogP contribution in [0.4, 0.5) is 0 Å². The number of methoxy groups -OCH3 is 1. The number of rotatable bonds is 9. The average molecular weight is 552 g/mol. The molecule has 2 aliphatic rings. The smallest absolute Gasteiger partial charge is 0.254 e. The molecule has 0 spiro atoms. The van der Waals surface area contributed by atoms with Gasteiger partial charge in [0.2, 0.25) is 0 Å². The van der Waals surface area contributed by atoms with Crippen LogP contribution in [0.5, 0.6) is 11.6 Å². The van der Waals surface area contributed by atoms with Gasteiger partial charge in [0, 0.05) is 44.4 Å². The zero-order valence-electron chi connectivity index (χ0n) is 23.5. The van der Waals surface area contributed by atoms with Gasteiger partial charge in [-0.15, -0.1) is 0 Å². The Bertz CT molecular complexity index is 1430. The van der Waals surface area contributed by atoms with Gasteiger partial charge < -0.3 is 19.1 Å². The van der Waals surface area contributed by atoms with Crippen molar-refractivity contribution in [3.05, 3.63) is 112 Å². The molecule has 1 N–H and O–H groups in total. The number of aromatic nitrogens is 1. The molecule has 0 bridgehead atoms.